The van der Waals surface area contributed by atoms with Gasteiger partial charge in [-0.1, -0.05) is 11.6 Å². The van der Waals surface area contributed by atoms with Crippen LogP contribution >= 0.6 is 11.6 Å². The fourth-order valence-electron chi connectivity index (χ4n) is 3.60. The molecule has 3 rings (SSSR count). The minimum atomic E-state index is -4.57. The summed E-state index contributed by atoms with van der Waals surface area (Å²) >= 11 is 5.84. The highest BCUT2D eigenvalue weighted by molar-refractivity contribution is 7.92. The van der Waals surface area contributed by atoms with Crippen LogP contribution in [-0.4, -0.2) is 26.4 Å². The lowest BCUT2D eigenvalue weighted by Crippen LogP contribution is -2.35. The van der Waals surface area contributed by atoms with Gasteiger partial charge in [-0.3, -0.25) is 0 Å². The standard InChI is InChI=1S/C14H16ClF3N2O2S/c15-10-5-7(14(16,17)18)1-4-12(10)23(21,22)13-8-2-3-11(19)9(8)6-20-13/h1,4-5,8-9,11,13,20H,2-3,6,19H2. The Morgan fingerprint density at radius 2 is 1.91 bits per heavy atom. The highest BCUT2D eigenvalue weighted by Crippen LogP contribution is 2.42. The van der Waals surface area contributed by atoms with Gasteiger partial charge in [0.25, 0.3) is 0 Å². The molecule has 0 aromatic heterocycles. The van der Waals surface area contributed by atoms with Gasteiger partial charge in [0.1, 0.15) is 5.37 Å². The summed E-state index contributed by atoms with van der Waals surface area (Å²) < 4.78 is 63.6. The number of fused-ring (bicyclic) bond motifs is 1. The van der Waals surface area contributed by atoms with Gasteiger partial charge in [0, 0.05) is 12.6 Å². The van der Waals surface area contributed by atoms with E-state index in [2.05, 4.69) is 5.32 Å². The predicted molar refractivity (Wildman–Crippen MR) is 79.6 cm³/mol. The van der Waals surface area contributed by atoms with Crippen molar-refractivity contribution >= 4 is 21.4 Å². The number of hydrogen-bond donors (Lipinski definition) is 2. The summed E-state index contributed by atoms with van der Waals surface area (Å²) in [5.41, 5.74) is 5.01. The molecule has 1 aromatic carbocycles. The first-order valence-electron chi connectivity index (χ1n) is 7.22. The lowest BCUT2D eigenvalue weighted by atomic mass is 9.98. The number of halogens is 4. The van der Waals surface area contributed by atoms with Crippen LogP contribution in [0.5, 0.6) is 0 Å². The zero-order valence-corrected chi connectivity index (χ0v) is 13.5. The van der Waals surface area contributed by atoms with Gasteiger partial charge < -0.3 is 11.1 Å². The third-order valence-electron chi connectivity index (χ3n) is 4.78. The van der Waals surface area contributed by atoms with Crippen molar-refractivity contribution in [2.24, 2.45) is 17.6 Å². The molecule has 3 N–H and O–H groups in total. The number of nitrogens with one attached hydrogen (secondary N) is 1. The maximum Gasteiger partial charge on any atom is 0.416 e. The maximum atomic E-state index is 12.8. The Balaban J connectivity index is 1.95. The second kappa shape index (κ2) is 5.61. The average molecular weight is 369 g/mol. The summed E-state index contributed by atoms with van der Waals surface area (Å²) in [5, 5.41) is 1.69. The van der Waals surface area contributed by atoms with Crippen molar-refractivity contribution < 1.29 is 21.6 Å². The van der Waals surface area contributed by atoms with E-state index in [4.69, 9.17) is 17.3 Å². The fraction of sp³-hybridized carbons (Fsp3) is 0.571. The SMILES string of the molecule is NC1CCC2C1CNC2S(=O)(=O)c1ccc(C(F)(F)F)cc1Cl. The Morgan fingerprint density at radius 1 is 1.22 bits per heavy atom. The lowest BCUT2D eigenvalue weighted by Gasteiger charge is -2.20. The van der Waals surface area contributed by atoms with Gasteiger partial charge >= 0.3 is 6.18 Å². The van der Waals surface area contributed by atoms with Gasteiger partial charge in [-0.15, -0.1) is 0 Å². The molecule has 9 heteroatoms. The minimum absolute atomic E-state index is 0.0456. The maximum absolute atomic E-state index is 12.8. The fourth-order valence-corrected chi connectivity index (χ4v) is 6.08. The van der Waals surface area contributed by atoms with E-state index in [1.165, 1.54) is 0 Å². The first-order valence-corrected chi connectivity index (χ1v) is 9.14. The molecule has 1 saturated heterocycles. The molecule has 2 aliphatic rings. The number of rotatable bonds is 2. The smallest absolute Gasteiger partial charge is 0.327 e. The molecule has 1 saturated carbocycles. The average Bonchev–Trinajstić information content (AvgIpc) is 3.01. The molecule has 1 aliphatic heterocycles. The number of alkyl halides is 3. The van der Waals surface area contributed by atoms with Crippen molar-refractivity contribution in [3.05, 3.63) is 28.8 Å². The highest BCUT2D eigenvalue weighted by Gasteiger charge is 2.49. The van der Waals surface area contributed by atoms with Crippen molar-refractivity contribution in [1.29, 1.82) is 0 Å². The van der Waals surface area contributed by atoms with Gasteiger partial charge in [-0.05, 0) is 42.9 Å². The Morgan fingerprint density at radius 3 is 2.52 bits per heavy atom. The van der Waals surface area contributed by atoms with Crippen LogP contribution in [0.15, 0.2) is 23.1 Å². The Labute approximate surface area is 137 Å². The molecule has 2 fully saturated rings. The Kier molecular flexibility index (Phi) is 4.15. The monoisotopic (exact) mass is 368 g/mol. The quantitative estimate of drug-likeness (QED) is 0.841. The van der Waals surface area contributed by atoms with Gasteiger partial charge in [-0.2, -0.15) is 13.2 Å². The first kappa shape index (κ1) is 17.0. The number of sulfone groups is 1. The van der Waals surface area contributed by atoms with E-state index in [1.54, 1.807) is 0 Å². The predicted octanol–water partition coefficient (Wildman–Crippen LogP) is 2.42. The van der Waals surface area contributed by atoms with Crippen molar-refractivity contribution in [1.82, 2.24) is 5.32 Å². The summed E-state index contributed by atoms with van der Waals surface area (Å²) in [7, 11) is -3.88. The van der Waals surface area contributed by atoms with E-state index in [9.17, 15) is 21.6 Å². The topological polar surface area (TPSA) is 72.2 Å². The lowest BCUT2D eigenvalue weighted by molar-refractivity contribution is -0.137. The molecule has 0 bridgehead atoms. The third-order valence-corrected chi connectivity index (χ3v) is 7.36. The highest BCUT2D eigenvalue weighted by atomic mass is 35.5. The zero-order chi connectivity index (χ0) is 17.0. The van der Waals surface area contributed by atoms with E-state index >= 15 is 0 Å². The molecule has 4 atom stereocenters. The van der Waals surface area contributed by atoms with Crippen LogP contribution in [0.2, 0.25) is 5.02 Å². The van der Waals surface area contributed by atoms with E-state index in [1.807, 2.05) is 0 Å². The van der Waals surface area contributed by atoms with Crippen molar-refractivity contribution in [3.8, 4) is 0 Å². The Hall–Kier alpha value is -0.830. The normalized spacial score (nSPS) is 31.3. The van der Waals surface area contributed by atoms with Gasteiger partial charge in [0.15, 0.2) is 9.84 Å². The molecule has 4 nitrogen and oxygen atoms in total. The van der Waals surface area contributed by atoms with E-state index < -0.39 is 32.0 Å². The van der Waals surface area contributed by atoms with Crippen molar-refractivity contribution in [3.63, 3.8) is 0 Å². The summed E-state index contributed by atoms with van der Waals surface area (Å²) in [6.45, 7) is 0.494. The summed E-state index contributed by atoms with van der Waals surface area (Å²) in [4.78, 5) is -0.272. The van der Waals surface area contributed by atoms with Crippen LogP contribution < -0.4 is 11.1 Å². The van der Waals surface area contributed by atoms with Crippen molar-refractivity contribution in [2.75, 3.05) is 6.54 Å². The molecule has 1 heterocycles. The van der Waals surface area contributed by atoms with Crippen molar-refractivity contribution in [2.45, 2.75) is 35.3 Å². The summed E-state index contributed by atoms with van der Waals surface area (Å²) in [6.07, 6.45) is -3.13. The number of nitrogens with two attached hydrogens (primary N) is 1. The van der Waals surface area contributed by atoms with Crippen LogP contribution in [0.3, 0.4) is 0 Å². The van der Waals surface area contributed by atoms with Crippen LogP contribution in [0.1, 0.15) is 18.4 Å². The molecule has 1 aliphatic carbocycles. The van der Waals surface area contributed by atoms with E-state index in [0.29, 0.717) is 19.0 Å². The van der Waals surface area contributed by atoms with E-state index in [-0.39, 0.29) is 22.8 Å². The Bertz CT molecular complexity index is 723. The van der Waals surface area contributed by atoms with E-state index in [0.717, 1.165) is 18.6 Å². The molecular weight excluding hydrogens is 353 g/mol. The second-order valence-electron chi connectivity index (χ2n) is 6.09. The van der Waals surface area contributed by atoms with Crippen LogP contribution in [0.25, 0.3) is 0 Å². The van der Waals surface area contributed by atoms with Gasteiger partial charge in [0.2, 0.25) is 0 Å². The molecule has 128 valence electrons. The molecule has 1 aromatic rings. The number of benzene rings is 1. The molecular formula is C14H16ClF3N2O2S. The second-order valence-corrected chi connectivity index (χ2v) is 8.53. The minimum Gasteiger partial charge on any atom is -0.327 e. The molecule has 0 spiro atoms. The third kappa shape index (κ3) is 2.86. The van der Waals surface area contributed by atoms with Crippen LogP contribution in [0.4, 0.5) is 13.2 Å². The molecule has 0 radical (unpaired) electrons. The number of hydrogen-bond acceptors (Lipinski definition) is 4. The van der Waals surface area contributed by atoms with Crippen LogP contribution in [-0.2, 0) is 16.0 Å². The zero-order valence-electron chi connectivity index (χ0n) is 12.0. The van der Waals surface area contributed by atoms with Gasteiger partial charge in [0.05, 0.1) is 15.5 Å². The largest absolute Gasteiger partial charge is 0.416 e. The molecule has 4 unspecified atom stereocenters. The van der Waals surface area contributed by atoms with Crippen LogP contribution in [0, 0.1) is 11.8 Å². The summed E-state index contributed by atoms with van der Waals surface area (Å²) in [6, 6.07) is 2.28. The molecule has 23 heavy (non-hydrogen) atoms. The first-order chi connectivity index (χ1) is 10.6. The summed E-state index contributed by atoms with van der Waals surface area (Å²) in [5.74, 6) is -0.0589. The molecule has 0 amide bonds. The van der Waals surface area contributed by atoms with Gasteiger partial charge in [-0.25, -0.2) is 8.42 Å².